The van der Waals surface area contributed by atoms with E-state index in [1.807, 2.05) is 35.1 Å². The number of rotatable bonds is 6. The molecule has 1 saturated heterocycles. The van der Waals surface area contributed by atoms with Crippen LogP contribution >= 0.6 is 0 Å². The predicted octanol–water partition coefficient (Wildman–Crippen LogP) is 2.69. The standard InChI is InChI=1S/C22H30N4O2/c1-18(25-11-13-28-14-12-25)16-24-9-7-19(8-10-24)20-15-23-26(17-20)21-5-3-4-6-22(21)27-2/h3-7,15,17-18H,8-14,16H2,1-2H3. The average molecular weight is 383 g/mol. The van der Waals surface area contributed by atoms with Crippen LogP contribution in [0.1, 0.15) is 18.9 Å². The minimum atomic E-state index is 0.576. The highest BCUT2D eigenvalue weighted by Crippen LogP contribution is 2.26. The van der Waals surface area contributed by atoms with Crippen molar-refractivity contribution in [1.29, 1.82) is 0 Å². The number of hydrogen-bond acceptors (Lipinski definition) is 5. The molecule has 3 heterocycles. The van der Waals surface area contributed by atoms with Gasteiger partial charge in [0.15, 0.2) is 0 Å². The van der Waals surface area contributed by atoms with Crippen LogP contribution in [0.2, 0.25) is 0 Å². The highest BCUT2D eigenvalue weighted by atomic mass is 16.5. The summed E-state index contributed by atoms with van der Waals surface area (Å²) in [6.45, 7) is 9.39. The Balaban J connectivity index is 1.38. The van der Waals surface area contributed by atoms with Gasteiger partial charge in [0, 0.05) is 50.5 Å². The summed E-state index contributed by atoms with van der Waals surface area (Å²) in [5.41, 5.74) is 3.55. The normalized spacial score (nSPS) is 20.0. The Kier molecular flexibility index (Phi) is 6.10. The summed E-state index contributed by atoms with van der Waals surface area (Å²) >= 11 is 0. The van der Waals surface area contributed by atoms with Gasteiger partial charge < -0.3 is 9.47 Å². The Labute approximate surface area is 167 Å². The first-order valence-electron chi connectivity index (χ1n) is 10.2. The molecule has 2 aliphatic heterocycles. The van der Waals surface area contributed by atoms with E-state index in [0.717, 1.165) is 63.8 Å². The number of morpholine rings is 1. The van der Waals surface area contributed by atoms with E-state index in [2.05, 4.69) is 34.1 Å². The molecule has 1 fully saturated rings. The van der Waals surface area contributed by atoms with Crippen LogP contribution in [0.5, 0.6) is 5.75 Å². The smallest absolute Gasteiger partial charge is 0.144 e. The zero-order chi connectivity index (χ0) is 19.3. The number of methoxy groups -OCH3 is 1. The maximum Gasteiger partial charge on any atom is 0.144 e. The van der Waals surface area contributed by atoms with E-state index in [1.165, 1.54) is 11.1 Å². The van der Waals surface area contributed by atoms with E-state index in [-0.39, 0.29) is 0 Å². The fourth-order valence-electron chi connectivity index (χ4n) is 4.09. The van der Waals surface area contributed by atoms with Crippen molar-refractivity contribution in [2.45, 2.75) is 19.4 Å². The summed E-state index contributed by atoms with van der Waals surface area (Å²) in [4.78, 5) is 5.09. The van der Waals surface area contributed by atoms with Crippen LogP contribution in [-0.4, -0.2) is 78.7 Å². The van der Waals surface area contributed by atoms with Crippen molar-refractivity contribution in [2.24, 2.45) is 0 Å². The van der Waals surface area contributed by atoms with E-state index in [4.69, 9.17) is 9.47 Å². The zero-order valence-corrected chi connectivity index (χ0v) is 16.9. The summed E-state index contributed by atoms with van der Waals surface area (Å²) in [6.07, 6.45) is 7.49. The third-order valence-corrected chi connectivity index (χ3v) is 5.77. The molecular weight excluding hydrogens is 352 g/mol. The third-order valence-electron chi connectivity index (χ3n) is 5.77. The fourth-order valence-corrected chi connectivity index (χ4v) is 4.09. The summed E-state index contributed by atoms with van der Waals surface area (Å²) in [7, 11) is 1.69. The molecule has 0 aliphatic carbocycles. The number of benzene rings is 1. The topological polar surface area (TPSA) is 42.8 Å². The van der Waals surface area contributed by atoms with Crippen molar-refractivity contribution in [3.8, 4) is 11.4 Å². The van der Waals surface area contributed by atoms with Gasteiger partial charge in [0.25, 0.3) is 0 Å². The van der Waals surface area contributed by atoms with Crippen molar-refractivity contribution >= 4 is 5.57 Å². The lowest BCUT2D eigenvalue weighted by Crippen LogP contribution is -2.48. The molecule has 0 saturated carbocycles. The number of para-hydroxylation sites is 2. The summed E-state index contributed by atoms with van der Waals surface area (Å²) in [5, 5.41) is 4.56. The first-order chi connectivity index (χ1) is 13.7. The van der Waals surface area contributed by atoms with E-state index in [0.29, 0.717) is 6.04 Å². The number of aromatic nitrogens is 2. The van der Waals surface area contributed by atoms with Crippen LogP contribution in [-0.2, 0) is 4.74 Å². The molecule has 1 atom stereocenters. The quantitative estimate of drug-likeness (QED) is 0.769. The fraction of sp³-hybridized carbons (Fsp3) is 0.500. The average Bonchev–Trinajstić information content (AvgIpc) is 3.25. The molecule has 28 heavy (non-hydrogen) atoms. The van der Waals surface area contributed by atoms with E-state index in [9.17, 15) is 0 Å². The summed E-state index contributed by atoms with van der Waals surface area (Å²) in [6, 6.07) is 8.55. The number of hydrogen-bond donors (Lipinski definition) is 0. The highest BCUT2D eigenvalue weighted by Gasteiger charge is 2.21. The molecule has 0 amide bonds. The Hall–Kier alpha value is -2.15. The molecule has 0 radical (unpaired) electrons. The second kappa shape index (κ2) is 8.90. The van der Waals surface area contributed by atoms with Crippen LogP contribution in [0.15, 0.2) is 42.7 Å². The molecule has 1 aromatic carbocycles. The minimum absolute atomic E-state index is 0.576. The molecule has 0 bridgehead atoms. The van der Waals surface area contributed by atoms with E-state index in [1.54, 1.807) is 7.11 Å². The van der Waals surface area contributed by atoms with Gasteiger partial charge in [-0.3, -0.25) is 9.80 Å². The van der Waals surface area contributed by atoms with E-state index < -0.39 is 0 Å². The first-order valence-corrected chi connectivity index (χ1v) is 10.2. The van der Waals surface area contributed by atoms with Gasteiger partial charge in [-0.1, -0.05) is 18.2 Å². The van der Waals surface area contributed by atoms with Gasteiger partial charge in [0.05, 0.1) is 26.5 Å². The Bertz CT molecular complexity index is 810. The lowest BCUT2D eigenvalue weighted by molar-refractivity contribution is 0.0132. The van der Waals surface area contributed by atoms with Gasteiger partial charge in [-0.2, -0.15) is 5.10 Å². The largest absolute Gasteiger partial charge is 0.494 e. The van der Waals surface area contributed by atoms with E-state index >= 15 is 0 Å². The van der Waals surface area contributed by atoms with Gasteiger partial charge in [-0.05, 0) is 31.1 Å². The Morgan fingerprint density at radius 1 is 1.18 bits per heavy atom. The highest BCUT2D eigenvalue weighted by molar-refractivity contribution is 5.66. The second-order valence-corrected chi connectivity index (χ2v) is 7.58. The Morgan fingerprint density at radius 2 is 2.00 bits per heavy atom. The minimum Gasteiger partial charge on any atom is -0.494 e. The van der Waals surface area contributed by atoms with Gasteiger partial charge >= 0.3 is 0 Å². The number of nitrogens with zero attached hydrogens (tertiary/aromatic N) is 4. The van der Waals surface area contributed by atoms with Crippen molar-refractivity contribution < 1.29 is 9.47 Å². The molecular formula is C22H30N4O2. The maximum absolute atomic E-state index is 5.47. The molecule has 150 valence electrons. The van der Waals surface area contributed by atoms with Crippen molar-refractivity contribution in [3.63, 3.8) is 0 Å². The van der Waals surface area contributed by atoms with Gasteiger partial charge in [0.1, 0.15) is 11.4 Å². The third kappa shape index (κ3) is 4.29. The first kappa shape index (κ1) is 19.2. The van der Waals surface area contributed by atoms with Gasteiger partial charge in [-0.25, -0.2) is 4.68 Å². The van der Waals surface area contributed by atoms with Crippen molar-refractivity contribution in [1.82, 2.24) is 19.6 Å². The molecule has 6 nitrogen and oxygen atoms in total. The van der Waals surface area contributed by atoms with Crippen molar-refractivity contribution in [3.05, 3.63) is 48.3 Å². The lowest BCUT2D eigenvalue weighted by atomic mass is 10.0. The van der Waals surface area contributed by atoms with Gasteiger partial charge in [-0.15, -0.1) is 0 Å². The lowest BCUT2D eigenvalue weighted by Gasteiger charge is -2.36. The maximum atomic E-state index is 5.47. The molecule has 6 heteroatoms. The molecule has 2 aliphatic rings. The van der Waals surface area contributed by atoms with Crippen molar-refractivity contribution in [2.75, 3.05) is 53.0 Å². The number of ether oxygens (including phenoxy) is 2. The molecule has 1 aromatic heterocycles. The SMILES string of the molecule is COc1ccccc1-n1cc(C2=CCN(CC(C)N3CCOCC3)CC2)cn1. The van der Waals surface area contributed by atoms with Crippen LogP contribution in [0.25, 0.3) is 11.3 Å². The molecule has 4 rings (SSSR count). The van der Waals surface area contributed by atoms with Crippen LogP contribution in [0.3, 0.4) is 0 Å². The molecule has 2 aromatic rings. The zero-order valence-electron chi connectivity index (χ0n) is 16.9. The predicted molar refractivity (Wildman–Crippen MR) is 111 cm³/mol. The summed E-state index contributed by atoms with van der Waals surface area (Å²) in [5.74, 6) is 0.832. The molecule has 1 unspecified atom stereocenters. The summed E-state index contributed by atoms with van der Waals surface area (Å²) < 4.78 is 12.8. The van der Waals surface area contributed by atoms with Gasteiger partial charge in [0.2, 0.25) is 0 Å². The second-order valence-electron chi connectivity index (χ2n) is 7.58. The van der Waals surface area contributed by atoms with Crippen LogP contribution in [0.4, 0.5) is 0 Å². The van der Waals surface area contributed by atoms with Crippen LogP contribution < -0.4 is 4.74 Å². The molecule has 0 N–H and O–H groups in total. The monoisotopic (exact) mass is 382 g/mol. The van der Waals surface area contributed by atoms with Crippen LogP contribution in [0, 0.1) is 0 Å². The Morgan fingerprint density at radius 3 is 2.75 bits per heavy atom. The molecule has 0 spiro atoms.